The molecule has 4 aromatic rings. The van der Waals surface area contributed by atoms with E-state index in [1.807, 2.05) is 0 Å². The maximum absolute atomic E-state index is 13.8. The zero-order chi connectivity index (χ0) is 22.1. The lowest BCUT2D eigenvalue weighted by Gasteiger charge is -2.12. The van der Waals surface area contributed by atoms with Crippen LogP contribution >= 0.6 is 34.7 Å². The highest BCUT2D eigenvalue weighted by atomic mass is 35.5. The van der Waals surface area contributed by atoms with Crippen molar-refractivity contribution in [2.75, 3.05) is 11.1 Å². The summed E-state index contributed by atoms with van der Waals surface area (Å²) in [6.07, 6.45) is 0. The lowest BCUT2D eigenvalue weighted by atomic mass is 10.3. The second kappa shape index (κ2) is 8.74. The number of hydrogen-bond donors (Lipinski definition) is 1. The normalized spacial score (nSPS) is 11.1. The Bertz CT molecular complexity index is 1350. The van der Waals surface area contributed by atoms with Crippen LogP contribution in [0.3, 0.4) is 0 Å². The van der Waals surface area contributed by atoms with Gasteiger partial charge in [0.2, 0.25) is 5.91 Å². The first kappa shape index (κ1) is 21.4. The SMILES string of the molecule is O=C(CSc1nc2ccsc2c(=O)n1-c1cc(F)cc(F)c1)Nc1ccc(F)c(Cl)c1. The molecule has 158 valence electrons. The van der Waals surface area contributed by atoms with Crippen molar-refractivity contribution in [1.29, 1.82) is 0 Å². The van der Waals surface area contributed by atoms with E-state index in [0.29, 0.717) is 22.0 Å². The van der Waals surface area contributed by atoms with Gasteiger partial charge >= 0.3 is 0 Å². The average molecular weight is 482 g/mol. The zero-order valence-electron chi connectivity index (χ0n) is 15.4. The van der Waals surface area contributed by atoms with Gasteiger partial charge < -0.3 is 5.32 Å². The van der Waals surface area contributed by atoms with E-state index in [4.69, 9.17) is 11.6 Å². The highest BCUT2D eigenvalue weighted by Gasteiger charge is 2.17. The Balaban J connectivity index is 1.65. The molecular weight excluding hydrogens is 471 g/mol. The summed E-state index contributed by atoms with van der Waals surface area (Å²) >= 11 is 7.77. The van der Waals surface area contributed by atoms with Crippen molar-refractivity contribution in [2.45, 2.75) is 5.16 Å². The topological polar surface area (TPSA) is 64.0 Å². The molecule has 0 fully saturated rings. The van der Waals surface area contributed by atoms with Gasteiger partial charge in [-0.2, -0.15) is 0 Å². The lowest BCUT2D eigenvalue weighted by molar-refractivity contribution is -0.113. The predicted molar refractivity (Wildman–Crippen MR) is 116 cm³/mol. The molecule has 0 aliphatic carbocycles. The summed E-state index contributed by atoms with van der Waals surface area (Å²) in [7, 11) is 0. The number of nitrogens with one attached hydrogen (secondary N) is 1. The Morgan fingerprint density at radius 1 is 1.13 bits per heavy atom. The van der Waals surface area contributed by atoms with E-state index in [2.05, 4.69) is 10.3 Å². The molecule has 0 unspecified atom stereocenters. The molecule has 5 nitrogen and oxygen atoms in total. The fraction of sp³-hybridized carbons (Fsp3) is 0.0500. The summed E-state index contributed by atoms with van der Waals surface area (Å²) in [4.78, 5) is 29.7. The van der Waals surface area contributed by atoms with Gasteiger partial charge in [-0.25, -0.2) is 18.2 Å². The van der Waals surface area contributed by atoms with Crippen LogP contribution in [0.15, 0.2) is 57.8 Å². The lowest BCUT2D eigenvalue weighted by Crippen LogP contribution is -2.22. The van der Waals surface area contributed by atoms with E-state index in [9.17, 15) is 22.8 Å². The number of anilines is 1. The number of hydrogen-bond acceptors (Lipinski definition) is 5. The highest BCUT2D eigenvalue weighted by Crippen LogP contribution is 2.25. The molecule has 0 radical (unpaired) electrons. The van der Waals surface area contributed by atoms with Crippen molar-refractivity contribution in [3.63, 3.8) is 0 Å². The third-order valence-corrected chi connectivity index (χ3v) is 6.21. The van der Waals surface area contributed by atoms with Gasteiger partial charge in [0.05, 0.1) is 22.0 Å². The number of benzene rings is 2. The molecule has 0 aliphatic rings. The van der Waals surface area contributed by atoms with Crippen LogP contribution in [0, 0.1) is 17.5 Å². The molecule has 0 saturated heterocycles. The smallest absolute Gasteiger partial charge is 0.276 e. The highest BCUT2D eigenvalue weighted by molar-refractivity contribution is 7.99. The molecule has 1 amide bonds. The number of carbonyl (C=O) groups excluding carboxylic acids is 1. The van der Waals surface area contributed by atoms with Gasteiger partial charge in [0.15, 0.2) is 5.16 Å². The largest absolute Gasteiger partial charge is 0.325 e. The molecule has 1 N–H and O–H groups in total. The second-order valence-electron chi connectivity index (χ2n) is 6.26. The number of nitrogens with zero attached hydrogens (tertiary/aromatic N) is 2. The standard InChI is InChI=1S/C20H11ClF3N3O2S2/c21-14-8-12(1-2-15(14)24)25-17(28)9-31-20-26-16-3-4-30-18(16)19(29)27(20)13-6-10(22)5-11(23)7-13/h1-8H,9H2,(H,25,28). The summed E-state index contributed by atoms with van der Waals surface area (Å²) in [6, 6.07) is 8.09. The number of amides is 1. The first-order valence-corrected chi connectivity index (χ1v) is 10.9. The minimum absolute atomic E-state index is 0.0430. The van der Waals surface area contributed by atoms with E-state index >= 15 is 0 Å². The number of carbonyl (C=O) groups is 1. The van der Waals surface area contributed by atoms with Crippen LogP contribution in [0.4, 0.5) is 18.9 Å². The van der Waals surface area contributed by atoms with Gasteiger partial charge in [-0.05, 0) is 41.8 Å². The molecule has 0 saturated carbocycles. The maximum Gasteiger partial charge on any atom is 0.276 e. The number of rotatable bonds is 5. The predicted octanol–water partition coefficient (Wildman–Crippen LogP) is 5.25. The fourth-order valence-electron chi connectivity index (χ4n) is 2.79. The molecule has 31 heavy (non-hydrogen) atoms. The summed E-state index contributed by atoms with van der Waals surface area (Å²) < 4.78 is 42.2. The van der Waals surface area contributed by atoms with Crippen LogP contribution in [0.2, 0.25) is 5.02 Å². The van der Waals surface area contributed by atoms with E-state index in [0.717, 1.165) is 45.9 Å². The van der Waals surface area contributed by atoms with Crippen LogP contribution in [0.5, 0.6) is 0 Å². The molecule has 0 bridgehead atoms. The van der Waals surface area contributed by atoms with E-state index in [1.165, 1.54) is 12.1 Å². The van der Waals surface area contributed by atoms with Crippen LogP contribution in [-0.2, 0) is 4.79 Å². The van der Waals surface area contributed by atoms with Gasteiger partial charge in [0, 0.05) is 11.8 Å². The number of halogens is 4. The van der Waals surface area contributed by atoms with E-state index in [-0.39, 0.29) is 21.6 Å². The molecule has 0 aliphatic heterocycles. The van der Waals surface area contributed by atoms with Crippen molar-refractivity contribution in [3.05, 3.63) is 80.7 Å². The molecule has 11 heteroatoms. The number of thiophene rings is 1. The third kappa shape index (κ3) is 4.60. The number of fused-ring (bicyclic) bond motifs is 1. The minimum atomic E-state index is -0.852. The molecule has 2 aromatic heterocycles. The molecule has 4 rings (SSSR count). The summed E-state index contributed by atoms with van der Waals surface area (Å²) in [5.74, 6) is -2.96. The molecule has 0 atom stereocenters. The van der Waals surface area contributed by atoms with Crippen molar-refractivity contribution < 1.29 is 18.0 Å². The van der Waals surface area contributed by atoms with Crippen LogP contribution < -0.4 is 10.9 Å². The Morgan fingerprint density at radius 2 is 1.87 bits per heavy atom. The van der Waals surface area contributed by atoms with E-state index in [1.54, 1.807) is 11.4 Å². The van der Waals surface area contributed by atoms with Crippen molar-refractivity contribution in [3.8, 4) is 5.69 Å². The van der Waals surface area contributed by atoms with Gasteiger partial charge in [-0.3, -0.25) is 14.2 Å². The van der Waals surface area contributed by atoms with Crippen LogP contribution in [0.1, 0.15) is 0 Å². The third-order valence-electron chi connectivity index (χ3n) is 4.09. The fourth-order valence-corrected chi connectivity index (χ4v) is 4.54. The Hall–Kier alpha value is -2.82. The Kier molecular flexibility index (Phi) is 6.03. The monoisotopic (exact) mass is 481 g/mol. The Morgan fingerprint density at radius 3 is 2.58 bits per heavy atom. The first-order valence-electron chi connectivity index (χ1n) is 8.66. The quantitative estimate of drug-likeness (QED) is 0.312. The first-order chi connectivity index (χ1) is 14.8. The number of aromatic nitrogens is 2. The molecule has 2 heterocycles. The van der Waals surface area contributed by atoms with Gasteiger partial charge in [-0.15, -0.1) is 11.3 Å². The summed E-state index contributed by atoms with van der Waals surface area (Å²) in [5.41, 5.74) is 0.163. The van der Waals surface area contributed by atoms with Crippen LogP contribution in [0.25, 0.3) is 15.9 Å². The second-order valence-corrected chi connectivity index (χ2v) is 8.53. The molecular formula is C20H11ClF3N3O2S2. The minimum Gasteiger partial charge on any atom is -0.325 e. The van der Waals surface area contributed by atoms with E-state index < -0.39 is 28.9 Å². The number of thioether (sulfide) groups is 1. The molecule has 0 spiro atoms. The summed E-state index contributed by atoms with van der Waals surface area (Å²) in [6.45, 7) is 0. The summed E-state index contributed by atoms with van der Waals surface area (Å²) in [5, 5.41) is 4.19. The average Bonchev–Trinajstić information content (AvgIpc) is 3.17. The van der Waals surface area contributed by atoms with Gasteiger partial charge in [0.25, 0.3) is 5.56 Å². The van der Waals surface area contributed by atoms with Crippen LogP contribution in [-0.4, -0.2) is 21.2 Å². The van der Waals surface area contributed by atoms with Crippen molar-refractivity contribution in [2.24, 2.45) is 0 Å². The van der Waals surface area contributed by atoms with Gasteiger partial charge in [0.1, 0.15) is 22.2 Å². The van der Waals surface area contributed by atoms with Crippen molar-refractivity contribution in [1.82, 2.24) is 9.55 Å². The zero-order valence-corrected chi connectivity index (χ0v) is 17.8. The van der Waals surface area contributed by atoms with Gasteiger partial charge in [-0.1, -0.05) is 23.4 Å². The molecule has 2 aromatic carbocycles. The maximum atomic E-state index is 13.8. The van der Waals surface area contributed by atoms with Crippen molar-refractivity contribution >= 4 is 56.5 Å². The Labute approximate surface area is 186 Å².